The Labute approximate surface area is 289 Å². The summed E-state index contributed by atoms with van der Waals surface area (Å²) in [6, 6.07) is 12.4. The van der Waals surface area contributed by atoms with Gasteiger partial charge in [-0.1, -0.05) is 47.5 Å². The molecule has 0 spiro atoms. The number of benzene rings is 2. The van der Waals surface area contributed by atoms with Crippen LogP contribution >= 0.6 is 23.2 Å². The quantitative estimate of drug-likeness (QED) is 0.217. The van der Waals surface area contributed by atoms with Crippen LogP contribution in [0.5, 0.6) is 0 Å². The molecule has 2 heterocycles. The first-order valence-electron chi connectivity index (χ1n) is 15.0. The lowest BCUT2D eigenvalue weighted by atomic mass is 10.0. The van der Waals surface area contributed by atoms with Crippen LogP contribution in [0.3, 0.4) is 0 Å². The maximum absolute atomic E-state index is 14.4. The number of rotatable bonds is 14. The van der Waals surface area contributed by atoms with Crippen molar-refractivity contribution in [3.8, 4) is 0 Å². The third-order valence-electron chi connectivity index (χ3n) is 7.10. The van der Waals surface area contributed by atoms with E-state index in [0.29, 0.717) is 34.4 Å². The van der Waals surface area contributed by atoms with E-state index in [1.165, 1.54) is 14.2 Å². The Morgan fingerprint density at radius 3 is 1.25 bits per heavy atom. The molecular weight excluding hydrogens is 667 g/mol. The average molecular weight is 706 g/mol. The number of halogens is 2. The molecule has 0 saturated carbocycles. The lowest BCUT2D eigenvalue weighted by Crippen LogP contribution is -2.43. The number of amides is 4. The molecule has 0 N–H and O–H groups in total. The number of methoxy groups -OCH3 is 2. The molecule has 2 aliphatic rings. The van der Waals surface area contributed by atoms with Crippen molar-refractivity contribution in [1.29, 1.82) is 0 Å². The summed E-state index contributed by atoms with van der Waals surface area (Å²) in [6.07, 6.45) is -2.10. The molecule has 2 aromatic rings. The summed E-state index contributed by atoms with van der Waals surface area (Å²) in [5.41, 5.74) is -2.30. The highest BCUT2D eigenvalue weighted by Crippen LogP contribution is 2.47. The van der Waals surface area contributed by atoms with E-state index in [0.717, 1.165) is 9.80 Å². The first-order chi connectivity index (χ1) is 22.7. The van der Waals surface area contributed by atoms with E-state index in [2.05, 4.69) is 0 Å². The van der Waals surface area contributed by atoms with E-state index in [-0.39, 0.29) is 49.0 Å². The van der Waals surface area contributed by atoms with Crippen LogP contribution in [0.25, 0.3) is 11.4 Å². The lowest BCUT2D eigenvalue weighted by Gasteiger charge is -2.30. The predicted octanol–water partition coefficient (Wildman–Crippen LogP) is 5.96. The van der Waals surface area contributed by atoms with E-state index in [4.69, 9.17) is 51.6 Å². The van der Waals surface area contributed by atoms with Gasteiger partial charge in [-0.3, -0.25) is 9.59 Å². The zero-order valence-corrected chi connectivity index (χ0v) is 29.1. The van der Waals surface area contributed by atoms with Crippen molar-refractivity contribution in [3.63, 3.8) is 0 Å². The number of fused-ring (bicyclic) bond motifs is 1. The normalized spacial score (nSPS) is 15.1. The van der Waals surface area contributed by atoms with E-state index >= 15 is 0 Å². The highest BCUT2D eigenvalue weighted by Gasteiger charge is 2.54. The number of hydrogen-bond donors (Lipinski definition) is 0. The van der Waals surface area contributed by atoms with Crippen molar-refractivity contribution in [2.75, 3.05) is 53.9 Å². The van der Waals surface area contributed by atoms with Crippen LogP contribution in [0, 0.1) is 0 Å². The van der Waals surface area contributed by atoms with Gasteiger partial charge in [0, 0.05) is 24.3 Å². The topological polar surface area (TPSA) is 130 Å². The van der Waals surface area contributed by atoms with Gasteiger partial charge in [0.15, 0.2) is 0 Å². The van der Waals surface area contributed by atoms with Crippen LogP contribution in [0.4, 0.5) is 9.59 Å². The summed E-state index contributed by atoms with van der Waals surface area (Å²) in [6.45, 7) is 7.67. The summed E-state index contributed by atoms with van der Waals surface area (Å²) in [7, 11) is 3.07. The molecule has 258 valence electrons. The molecule has 0 bridgehead atoms. The SMILES string of the molecule is COCCOCC(C)(C)OC(=O)N1C(=O)C2=C(c3ccc(Cl)cc3)N(C(=O)OC(C)(C)COCCOC)C(=O)C2=C1c1ccc(Cl)cc1. The van der Waals surface area contributed by atoms with Crippen molar-refractivity contribution < 1.29 is 47.6 Å². The molecule has 0 saturated heterocycles. The predicted molar refractivity (Wildman–Crippen MR) is 177 cm³/mol. The summed E-state index contributed by atoms with van der Waals surface area (Å²) in [5, 5.41) is 0.764. The Bertz CT molecular complexity index is 1480. The highest BCUT2D eigenvalue weighted by atomic mass is 35.5. The average Bonchev–Trinajstić information content (AvgIpc) is 3.49. The van der Waals surface area contributed by atoms with Crippen LogP contribution in [-0.2, 0) is 38.0 Å². The Kier molecular flexibility index (Phi) is 12.1. The number of imide groups is 2. The van der Waals surface area contributed by atoms with Crippen LogP contribution in [0.15, 0.2) is 59.7 Å². The van der Waals surface area contributed by atoms with Gasteiger partial charge in [0.1, 0.15) is 11.2 Å². The number of carbonyl (C=O) groups excluding carboxylic acids is 4. The maximum atomic E-state index is 14.4. The van der Waals surface area contributed by atoms with Gasteiger partial charge in [0.2, 0.25) is 0 Å². The Hall–Kier alpha value is -3.78. The highest BCUT2D eigenvalue weighted by molar-refractivity contribution is 6.36. The fraction of sp³-hybridized carbons (Fsp3) is 0.412. The standard InChI is InChI=1S/C34H38Cl2N2O10/c1-33(2,19-45-17-15-43-5)47-31(41)37-27(21-7-11-23(35)12-8-21)25-26(29(37)39)28(22-9-13-24(36)14-10-22)38(30(25)40)32(42)48-34(3,4)20-46-18-16-44-6/h7-14H,15-20H2,1-6H3. The van der Waals surface area contributed by atoms with Crippen LogP contribution in [0.2, 0.25) is 10.0 Å². The fourth-order valence-corrected chi connectivity index (χ4v) is 5.21. The molecule has 0 aliphatic carbocycles. The van der Waals surface area contributed by atoms with Crippen molar-refractivity contribution in [2.24, 2.45) is 0 Å². The van der Waals surface area contributed by atoms with Crippen LogP contribution < -0.4 is 0 Å². The molecule has 14 heteroatoms. The number of nitrogens with zero attached hydrogens (tertiary/aromatic N) is 2. The molecule has 0 fully saturated rings. The molecule has 0 aromatic heterocycles. The van der Waals surface area contributed by atoms with Gasteiger partial charge >= 0.3 is 12.2 Å². The first-order valence-corrected chi connectivity index (χ1v) is 15.8. The van der Waals surface area contributed by atoms with Crippen molar-refractivity contribution in [3.05, 3.63) is 80.8 Å². The second-order valence-electron chi connectivity index (χ2n) is 12.1. The smallest absolute Gasteiger partial charge is 0.422 e. The third kappa shape index (κ3) is 8.43. The minimum absolute atomic E-state index is 0.000775. The second kappa shape index (κ2) is 15.6. The second-order valence-corrected chi connectivity index (χ2v) is 13.0. The van der Waals surface area contributed by atoms with Gasteiger partial charge in [-0.25, -0.2) is 19.4 Å². The summed E-state index contributed by atoms with van der Waals surface area (Å²) < 4.78 is 32.6. The van der Waals surface area contributed by atoms with Crippen LogP contribution in [-0.4, -0.2) is 98.9 Å². The minimum atomic E-state index is -1.18. The molecule has 4 amide bonds. The van der Waals surface area contributed by atoms with Gasteiger partial charge in [-0.15, -0.1) is 0 Å². The van der Waals surface area contributed by atoms with Crippen molar-refractivity contribution in [2.45, 2.75) is 38.9 Å². The zero-order valence-electron chi connectivity index (χ0n) is 27.6. The molecule has 0 unspecified atom stereocenters. The summed E-state index contributed by atoms with van der Waals surface area (Å²) >= 11 is 12.3. The maximum Gasteiger partial charge on any atom is 0.422 e. The third-order valence-corrected chi connectivity index (χ3v) is 7.60. The van der Waals surface area contributed by atoms with E-state index in [1.807, 2.05) is 0 Å². The summed E-state index contributed by atoms with van der Waals surface area (Å²) in [5.74, 6) is -1.77. The molecule has 12 nitrogen and oxygen atoms in total. The number of hydrogen-bond acceptors (Lipinski definition) is 10. The largest absolute Gasteiger partial charge is 0.440 e. The Balaban J connectivity index is 1.82. The van der Waals surface area contributed by atoms with Crippen molar-refractivity contribution >= 4 is 58.6 Å². The van der Waals surface area contributed by atoms with Gasteiger partial charge in [-0.2, -0.15) is 0 Å². The molecule has 4 rings (SSSR count). The molecule has 2 aromatic carbocycles. The molecule has 2 aliphatic heterocycles. The van der Waals surface area contributed by atoms with Gasteiger partial charge < -0.3 is 28.4 Å². The fourth-order valence-electron chi connectivity index (χ4n) is 4.96. The van der Waals surface area contributed by atoms with Gasteiger partial charge in [0.05, 0.1) is 62.2 Å². The van der Waals surface area contributed by atoms with E-state index in [1.54, 1.807) is 76.2 Å². The molecule has 48 heavy (non-hydrogen) atoms. The Morgan fingerprint density at radius 1 is 0.604 bits per heavy atom. The molecular formula is C34H38Cl2N2O10. The number of ether oxygens (including phenoxy) is 6. The Morgan fingerprint density at radius 2 is 0.938 bits per heavy atom. The molecule has 0 radical (unpaired) electrons. The summed E-state index contributed by atoms with van der Waals surface area (Å²) in [4.78, 5) is 58.0. The van der Waals surface area contributed by atoms with Gasteiger partial charge in [-0.05, 0) is 63.1 Å². The minimum Gasteiger partial charge on any atom is -0.440 e. The van der Waals surface area contributed by atoms with Crippen molar-refractivity contribution in [1.82, 2.24) is 9.80 Å². The first kappa shape index (κ1) is 37.0. The van der Waals surface area contributed by atoms with E-state index < -0.39 is 35.2 Å². The van der Waals surface area contributed by atoms with E-state index in [9.17, 15) is 19.2 Å². The van der Waals surface area contributed by atoms with Crippen LogP contribution in [0.1, 0.15) is 38.8 Å². The number of carbonyl (C=O) groups is 4. The van der Waals surface area contributed by atoms with Gasteiger partial charge in [0.25, 0.3) is 11.8 Å². The lowest BCUT2D eigenvalue weighted by molar-refractivity contribution is -0.124. The zero-order chi connectivity index (χ0) is 35.2. The monoisotopic (exact) mass is 704 g/mol. The molecule has 0 atom stereocenters.